The van der Waals surface area contributed by atoms with Gasteiger partial charge in [0.2, 0.25) is 0 Å². The van der Waals surface area contributed by atoms with E-state index in [0.29, 0.717) is 17.7 Å². The number of amides is 1. The lowest BCUT2D eigenvalue weighted by atomic mass is 10.1. The molecule has 0 aliphatic rings. The maximum Gasteiger partial charge on any atom is 0.298 e. The second-order valence-corrected chi connectivity index (χ2v) is 5.11. The average molecular weight is 317 g/mol. The Morgan fingerprint density at radius 1 is 0.792 bits per heavy atom. The molecule has 0 heterocycles. The van der Waals surface area contributed by atoms with Crippen LogP contribution < -0.4 is 10.1 Å². The van der Waals surface area contributed by atoms with Gasteiger partial charge >= 0.3 is 0 Å². The van der Waals surface area contributed by atoms with Crippen molar-refractivity contribution in [2.24, 2.45) is 0 Å². The van der Waals surface area contributed by atoms with E-state index in [9.17, 15) is 9.59 Å². The standard InChI is InChI=1S/C20H15NO3/c22-14-24-19-9-5-4-8-18(19)20(23)21-17-12-10-16(11-13-17)15-6-2-1-3-7-15/h1-14H,(H,21,23). The molecule has 0 atom stereocenters. The topological polar surface area (TPSA) is 55.4 Å². The van der Waals surface area contributed by atoms with E-state index in [2.05, 4.69) is 5.32 Å². The molecule has 1 N–H and O–H groups in total. The summed E-state index contributed by atoms with van der Waals surface area (Å²) in [6, 6.07) is 24.1. The molecule has 3 aromatic carbocycles. The van der Waals surface area contributed by atoms with Crippen LogP contribution in [0.15, 0.2) is 78.9 Å². The van der Waals surface area contributed by atoms with Crippen LogP contribution in [0.2, 0.25) is 0 Å². The lowest BCUT2D eigenvalue weighted by Crippen LogP contribution is -2.13. The van der Waals surface area contributed by atoms with Gasteiger partial charge in [-0.3, -0.25) is 9.59 Å². The first-order valence-electron chi connectivity index (χ1n) is 7.44. The van der Waals surface area contributed by atoms with Crippen LogP contribution in [0.1, 0.15) is 10.4 Å². The fourth-order valence-electron chi connectivity index (χ4n) is 2.38. The van der Waals surface area contributed by atoms with E-state index in [1.807, 2.05) is 54.6 Å². The minimum Gasteiger partial charge on any atom is -0.428 e. The normalized spacial score (nSPS) is 10.0. The van der Waals surface area contributed by atoms with Gasteiger partial charge in [-0.2, -0.15) is 0 Å². The molecular formula is C20H15NO3. The molecule has 0 fully saturated rings. The van der Waals surface area contributed by atoms with Crippen molar-refractivity contribution in [3.63, 3.8) is 0 Å². The van der Waals surface area contributed by atoms with Gasteiger partial charge in [0.15, 0.2) is 0 Å². The van der Waals surface area contributed by atoms with Gasteiger partial charge in [0.25, 0.3) is 12.4 Å². The van der Waals surface area contributed by atoms with E-state index in [1.165, 1.54) is 0 Å². The quantitative estimate of drug-likeness (QED) is 0.720. The van der Waals surface area contributed by atoms with Crippen LogP contribution in [0.25, 0.3) is 11.1 Å². The second kappa shape index (κ2) is 7.24. The third-order valence-corrected chi connectivity index (χ3v) is 3.56. The minimum absolute atomic E-state index is 0.228. The van der Waals surface area contributed by atoms with Crippen molar-refractivity contribution in [2.45, 2.75) is 0 Å². The summed E-state index contributed by atoms with van der Waals surface area (Å²) in [5.74, 6) is -0.106. The first-order valence-corrected chi connectivity index (χ1v) is 7.44. The molecule has 3 aromatic rings. The fraction of sp³-hybridized carbons (Fsp3) is 0. The number of nitrogens with one attached hydrogen (secondary N) is 1. The smallest absolute Gasteiger partial charge is 0.298 e. The van der Waals surface area contributed by atoms with E-state index in [4.69, 9.17) is 4.74 Å². The van der Waals surface area contributed by atoms with Crippen LogP contribution in [0.3, 0.4) is 0 Å². The number of carbonyl (C=O) groups is 2. The molecule has 1 amide bonds. The molecule has 0 aliphatic carbocycles. The summed E-state index contributed by atoms with van der Waals surface area (Å²) >= 11 is 0. The molecule has 3 rings (SSSR count). The number of carbonyl (C=O) groups excluding carboxylic acids is 2. The molecule has 24 heavy (non-hydrogen) atoms. The molecule has 0 bridgehead atoms. The molecule has 0 aliphatic heterocycles. The van der Waals surface area contributed by atoms with Crippen molar-refractivity contribution < 1.29 is 14.3 Å². The maximum atomic E-state index is 12.4. The van der Waals surface area contributed by atoms with Crippen LogP contribution in [-0.2, 0) is 4.79 Å². The summed E-state index contributed by atoms with van der Waals surface area (Å²) < 4.78 is 4.83. The van der Waals surface area contributed by atoms with Gasteiger partial charge in [-0.1, -0.05) is 54.6 Å². The highest BCUT2D eigenvalue weighted by Gasteiger charge is 2.12. The van der Waals surface area contributed by atoms with Crippen LogP contribution in [0.4, 0.5) is 5.69 Å². The predicted molar refractivity (Wildman–Crippen MR) is 93.0 cm³/mol. The van der Waals surface area contributed by atoms with Crippen molar-refractivity contribution in [3.8, 4) is 16.9 Å². The molecule has 0 aromatic heterocycles. The molecular weight excluding hydrogens is 302 g/mol. The third-order valence-electron chi connectivity index (χ3n) is 3.56. The lowest BCUT2D eigenvalue weighted by Gasteiger charge is -2.09. The van der Waals surface area contributed by atoms with Crippen LogP contribution in [-0.4, -0.2) is 12.4 Å². The number of rotatable bonds is 5. The Hall–Kier alpha value is -3.40. The molecule has 118 valence electrons. The Bertz CT molecular complexity index is 842. The lowest BCUT2D eigenvalue weighted by molar-refractivity contribution is -0.120. The first-order chi connectivity index (χ1) is 11.8. The summed E-state index contributed by atoms with van der Waals surface area (Å²) in [6.45, 7) is 0.306. The maximum absolute atomic E-state index is 12.4. The Kier molecular flexibility index (Phi) is 4.68. The van der Waals surface area contributed by atoms with E-state index in [0.717, 1.165) is 11.1 Å². The fourth-order valence-corrected chi connectivity index (χ4v) is 2.38. The number of para-hydroxylation sites is 1. The molecule has 0 saturated heterocycles. The van der Waals surface area contributed by atoms with Crippen molar-refractivity contribution in [1.29, 1.82) is 0 Å². The average Bonchev–Trinajstić information content (AvgIpc) is 2.64. The summed E-state index contributed by atoms with van der Waals surface area (Å²) in [7, 11) is 0. The second-order valence-electron chi connectivity index (χ2n) is 5.11. The van der Waals surface area contributed by atoms with Gasteiger partial charge in [0, 0.05) is 5.69 Å². The molecule has 0 unspecified atom stereocenters. The van der Waals surface area contributed by atoms with Gasteiger partial charge in [0.1, 0.15) is 5.75 Å². The summed E-state index contributed by atoms with van der Waals surface area (Å²) in [4.78, 5) is 22.9. The van der Waals surface area contributed by atoms with Crippen LogP contribution >= 0.6 is 0 Å². The van der Waals surface area contributed by atoms with Gasteiger partial charge in [-0.05, 0) is 35.4 Å². The summed E-state index contributed by atoms with van der Waals surface area (Å²) in [6.07, 6.45) is 0. The molecule has 0 saturated carbocycles. The van der Waals surface area contributed by atoms with Crippen LogP contribution in [0.5, 0.6) is 5.75 Å². The van der Waals surface area contributed by atoms with E-state index >= 15 is 0 Å². The number of hydrogen-bond acceptors (Lipinski definition) is 3. The Morgan fingerprint density at radius 2 is 1.42 bits per heavy atom. The molecule has 0 spiro atoms. The summed E-state index contributed by atoms with van der Waals surface area (Å²) in [5, 5.41) is 2.80. The highest BCUT2D eigenvalue weighted by Crippen LogP contribution is 2.23. The van der Waals surface area contributed by atoms with Crippen molar-refractivity contribution in [3.05, 3.63) is 84.4 Å². The molecule has 0 radical (unpaired) electrons. The van der Waals surface area contributed by atoms with Crippen molar-refractivity contribution in [1.82, 2.24) is 0 Å². The van der Waals surface area contributed by atoms with E-state index < -0.39 is 0 Å². The van der Waals surface area contributed by atoms with E-state index in [-0.39, 0.29) is 11.7 Å². The van der Waals surface area contributed by atoms with Crippen molar-refractivity contribution in [2.75, 3.05) is 5.32 Å². The van der Waals surface area contributed by atoms with E-state index in [1.54, 1.807) is 24.3 Å². The Labute approximate surface area is 139 Å². The highest BCUT2D eigenvalue weighted by atomic mass is 16.5. The largest absolute Gasteiger partial charge is 0.428 e. The zero-order chi connectivity index (χ0) is 16.8. The highest BCUT2D eigenvalue weighted by molar-refractivity contribution is 6.06. The molecule has 4 nitrogen and oxygen atoms in total. The number of benzene rings is 3. The zero-order valence-corrected chi connectivity index (χ0v) is 12.8. The van der Waals surface area contributed by atoms with Gasteiger partial charge in [0.05, 0.1) is 5.56 Å². The van der Waals surface area contributed by atoms with Crippen molar-refractivity contribution >= 4 is 18.1 Å². The zero-order valence-electron chi connectivity index (χ0n) is 12.8. The van der Waals surface area contributed by atoms with Crippen LogP contribution in [0, 0.1) is 0 Å². The monoisotopic (exact) mass is 317 g/mol. The predicted octanol–water partition coefficient (Wildman–Crippen LogP) is 4.14. The number of anilines is 1. The summed E-state index contributed by atoms with van der Waals surface area (Å²) in [5.41, 5.74) is 3.15. The van der Waals surface area contributed by atoms with Gasteiger partial charge in [-0.25, -0.2) is 0 Å². The SMILES string of the molecule is O=COc1ccccc1C(=O)Nc1ccc(-c2ccccc2)cc1. The Balaban J connectivity index is 1.77. The number of ether oxygens (including phenoxy) is 1. The first kappa shape index (κ1) is 15.5. The van der Waals surface area contributed by atoms with Gasteiger partial charge < -0.3 is 10.1 Å². The third kappa shape index (κ3) is 3.50. The van der Waals surface area contributed by atoms with Gasteiger partial charge in [-0.15, -0.1) is 0 Å². The number of hydrogen-bond donors (Lipinski definition) is 1. The Morgan fingerprint density at radius 3 is 2.12 bits per heavy atom. The molecule has 4 heteroatoms. The minimum atomic E-state index is -0.333.